The molecule has 0 aromatic heterocycles. The van der Waals surface area contributed by atoms with Crippen molar-refractivity contribution >= 4 is 17.7 Å². The minimum atomic E-state index is -0.787. The van der Waals surface area contributed by atoms with Gasteiger partial charge < -0.3 is 14.7 Å². The van der Waals surface area contributed by atoms with Gasteiger partial charge in [0.25, 0.3) is 0 Å². The number of halogens is 1. The zero-order chi connectivity index (χ0) is 18.9. The van der Waals surface area contributed by atoms with E-state index in [0.717, 1.165) is 31.6 Å². The first kappa shape index (κ1) is 19.5. The summed E-state index contributed by atoms with van der Waals surface area (Å²) in [5, 5.41) is 11.7. The third kappa shape index (κ3) is 4.51. The standard InChI is InChI=1S/C20H29ClN2O3/c1-19(2,3)26-18(24)23-11-8-17(14-23)22-12-9-20(25,10-13-22)15-4-6-16(21)7-5-15/h4-7,17,25H,8-14H2,1-3H3/t17-/m1/s1. The molecule has 0 bridgehead atoms. The molecule has 6 heteroatoms. The molecule has 1 aromatic rings. The highest BCUT2D eigenvalue weighted by atomic mass is 35.5. The molecule has 0 saturated carbocycles. The lowest BCUT2D eigenvalue weighted by atomic mass is 9.84. The monoisotopic (exact) mass is 380 g/mol. The predicted octanol–water partition coefficient (Wildman–Crippen LogP) is 3.63. The molecule has 5 nitrogen and oxygen atoms in total. The van der Waals surface area contributed by atoms with E-state index in [-0.39, 0.29) is 6.09 Å². The number of benzene rings is 1. The van der Waals surface area contributed by atoms with Crippen LogP contribution >= 0.6 is 11.6 Å². The van der Waals surface area contributed by atoms with E-state index >= 15 is 0 Å². The third-order valence-corrected chi connectivity index (χ3v) is 5.59. The van der Waals surface area contributed by atoms with Gasteiger partial charge in [-0.1, -0.05) is 23.7 Å². The maximum Gasteiger partial charge on any atom is 0.410 e. The van der Waals surface area contributed by atoms with Gasteiger partial charge in [-0.05, 0) is 57.7 Å². The van der Waals surface area contributed by atoms with Crippen LogP contribution in [0.25, 0.3) is 0 Å². The van der Waals surface area contributed by atoms with Crippen LogP contribution in [0.4, 0.5) is 4.79 Å². The van der Waals surface area contributed by atoms with Gasteiger partial charge in [0.1, 0.15) is 5.60 Å². The molecule has 26 heavy (non-hydrogen) atoms. The molecule has 2 saturated heterocycles. The minimum Gasteiger partial charge on any atom is -0.444 e. The maximum atomic E-state index is 12.2. The van der Waals surface area contributed by atoms with Crippen LogP contribution in [0.2, 0.25) is 5.02 Å². The molecule has 0 spiro atoms. The first-order valence-electron chi connectivity index (χ1n) is 9.37. The number of amides is 1. The Kier molecular flexibility index (Phi) is 5.52. The van der Waals surface area contributed by atoms with Crippen LogP contribution in [0.15, 0.2) is 24.3 Å². The molecule has 144 valence electrons. The molecule has 0 unspecified atom stereocenters. The smallest absolute Gasteiger partial charge is 0.410 e. The van der Waals surface area contributed by atoms with E-state index < -0.39 is 11.2 Å². The predicted molar refractivity (Wildman–Crippen MR) is 102 cm³/mol. The van der Waals surface area contributed by atoms with Crippen LogP contribution in [-0.4, -0.2) is 58.8 Å². The molecule has 2 aliphatic heterocycles. The molecule has 0 radical (unpaired) electrons. The van der Waals surface area contributed by atoms with Gasteiger partial charge in [0.05, 0.1) is 5.60 Å². The second-order valence-electron chi connectivity index (χ2n) is 8.44. The summed E-state index contributed by atoms with van der Waals surface area (Å²) >= 11 is 5.95. The van der Waals surface area contributed by atoms with Crippen LogP contribution < -0.4 is 0 Å². The normalized spacial score (nSPS) is 23.9. The summed E-state index contributed by atoms with van der Waals surface area (Å²) in [4.78, 5) is 16.4. The Morgan fingerprint density at radius 2 is 1.81 bits per heavy atom. The third-order valence-electron chi connectivity index (χ3n) is 5.34. The molecule has 2 fully saturated rings. The van der Waals surface area contributed by atoms with E-state index in [1.807, 2.05) is 45.0 Å². The van der Waals surface area contributed by atoms with Gasteiger partial charge in [-0.3, -0.25) is 4.90 Å². The number of aliphatic hydroxyl groups is 1. The van der Waals surface area contributed by atoms with Crippen molar-refractivity contribution in [1.82, 2.24) is 9.80 Å². The van der Waals surface area contributed by atoms with Gasteiger partial charge in [0.2, 0.25) is 0 Å². The molecule has 2 heterocycles. The van der Waals surface area contributed by atoms with E-state index in [2.05, 4.69) is 4.90 Å². The largest absolute Gasteiger partial charge is 0.444 e. The number of ether oxygens (including phenoxy) is 1. The van der Waals surface area contributed by atoms with Gasteiger partial charge in [0.15, 0.2) is 0 Å². The topological polar surface area (TPSA) is 53.0 Å². The van der Waals surface area contributed by atoms with Crippen molar-refractivity contribution in [3.63, 3.8) is 0 Å². The number of carbonyl (C=O) groups is 1. The van der Waals surface area contributed by atoms with E-state index in [1.54, 1.807) is 4.90 Å². The van der Waals surface area contributed by atoms with E-state index in [9.17, 15) is 9.90 Å². The minimum absolute atomic E-state index is 0.227. The summed E-state index contributed by atoms with van der Waals surface area (Å²) in [6.45, 7) is 8.76. The molecule has 3 rings (SSSR count). The average molecular weight is 381 g/mol. The Bertz CT molecular complexity index is 633. The fraction of sp³-hybridized carbons (Fsp3) is 0.650. The first-order valence-corrected chi connectivity index (χ1v) is 9.74. The summed E-state index contributed by atoms with van der Waals surface area (Å²) in [7, 11) is 0. The fourth-order valence-corrected chi connectivity index (χ4v) is 3.97. The highest BCUT2D eigenvalue weighted by molar-refractivity contribution is 6.30. The number of hydrogen-bond acceptors (Lipinski definition) is 4. The molecule has 0 aliphatic carbocycles. The van der Waals surface area contributed by atoms with Crippen LogP contribution in [0, 0.1) is 0 Å². The zero-order valence-corrected chi connectivity index (χ0v) is 16.6. The van der Waals surface area contributed by atoms with Gasteiger partial charge in [-0.15, -0.1) is 0 Å². The summed E-state index contributed by atoms with van der Waals surface area (Å²) in [5.41, 5.74) is -0.316. The van der Waals surface area contributed by atoms with Crippen LogP contribution in [0.3, 0.4) is 0 Å². The van der Waals surface area contributed by atoms with Crippen molar-refractivity contribution in [2.45, 2.75) is 57.3 Å². The van der Waals surface area contributed by atoms with Crippen molar-refractivity contribution in [3.8, 4) is 0 Å². The average Bonchev–Trinajstić information content (AvgIpc) is 3.04. The van der Waals surface area contributed by atoms with Crippen molar-refractivity contribution < 1.29 is 14.6 Å². The lowest BCUT2D eigenvalue weighted by Crippen LogP contribution is -2.48. The molecule has 1 amide bonds. The Hall–Kier alpha value is -1.30. The number of piperidine rings is 1. The molecule has 2 aliphatic rings. The van der Waals surface area contributed by atoms with Gasteiger partial charge in [-0.2, -0.15) is 0 Å². The van der Waals surface area contributed by atoms with Crippen molar-refractivity contribution in [1.29, 1.82) is 0 Å². The van der Waals surface area contributed by atoms with Crippen LogP contribution in [-0.2, 0) is 10.3 Å². The Morgan fingerprint density at radius 3 is 2.38 bits per heavy atom. The Labute approximate surface area is 160 Å². The highest BCUT2D eigenvalue weighted by Gasteiger charge is 2.39. The number of hydrogen-bond donors (Lipinski definition) is 1. The lowest BCUT2D eigenvalue weighted by Gasteiger charge is -2.41. The van der Waals surface area contributed by atoms with Gasteiger partial charge >= 0.3 is 6.09 Å². The summed E-state index contributed by atoms with van der Waals surface area (Å²) in [6.07, 6.45) is 2.11. The van der Waals surface area contributed by atoms with E-state index in [1.165, 1.54) is 0 Å². The zero-order valence-electron chi connectivity index (χ0n) is 15.9. The highest BCUT2D eigenvalue weighted by Crippen LogP contribution is 2.35. The quantitative estimate of drug-likeness (QED) is 0.851. The number of nitrogens with zero attached hydrogens (tertiary/aromatic N) is 2. The van der Waals surface area contributed by atoms with Crippen molar-refractivity contribution in [3.05, 3.63) is 34.9 Å². The Balaban J connectivity index is 1.54. The van der Waals surface area contributed by atoms with Crippen LogP contribution in [0.1, 0.15) is 45.6 Å². The number of likely N-dealkylation sites (tertiary alicyclic amines) is 2. The second-order valence-corrected chi connectivity index (χ2v) is 8.88. The first-order chi connectivity index (χ1) is 12.2. The summed E-state index contributed by atoms with van der Waals surface area (Å²) < 4.78 is 5.48. The number of carbonyl (C=O) groups excluding carboxylic acids is 1. The van der Waals surface area contributed by atoms with E-state index in [0.29, 0.717) is 30.5 Å². The summed E-state index contributed by atoms with van der Waals surface area (Å²) in [5.74, 6) is 0. The number of rotatable bonds is 2. The maximum absolute atomic E-state index is 12.2. The molecule has 1 aromatic carbocycles. The van der Waals surface area contributed by atoms with Gasteiger partial charge in [-0.25, -0.2) is 4.79 Å². The van der Waals surface area contributed by atoms with E-state index in [4.69, 9.17) is 16.3 Å². The Morgan fingerprint density at radius 1 is 1.19 bits per heavy atom. The van der Waals surface area contributed by atoms with Crippen LogP contribution in [0.5, 0.6) is 0 Å². The van der Waals surface area contributed by atoms with Gasteiger partial charge in [0, 0.05) is 37.2 Å². The molecule has 1 atom stereocenters. The fourth-order valence-electron chi connectivity index (χ4n) is 3.84. The second kappa shape index (κ2) is 7.37. The molecule has 1 N–H and O–H groups in total. The van der Waals surface area contributed by atoms with Crippen molar-refractivity contribution in [2.75, 3.05) is 26.2 Å². The SMILES string of the molecule is CC(C)(C)OC(=O)N1CC[C@@H](N2CCC(O)(c3ccc(Cl)cc3)CC2)C1. The molecular weight excluding hydrogens is 352 g/mol. The van der Waals surface area contributed by atoms with Crippen molar-refractivity contribution in [2.24, 2.45) is 0 Å². The lowest BCUT2D eigenvalue weighted by molar-refractivity contribution is -0.0351. The molecular formula is C20H29ClN2O3. The summed E-state index contributed by atoms with van der Waals surface area (Å²) in [6, 6.07) is 7.83.